The smallest absolute Gasteiger partial charge is 0.303 e. The molecule has 22 heavy (non-hydrogen) atoms. The van der Waals surface area contributed by atoms with Gasteiger partial charge in [0.25, 0.3) is 0 Å². The zero-order chi connectivity index (χ0) is 15.5. The van der Waals surface area contributed by atoms with Crippen LogP contribution in [0, 0.1) is 6.92 Å². The highest BCUT2D eigenvalue weighted by atomic mass is 16.5. The van der Waals surface area contributed by atoms with E-state index >= 15 is 0 Å². The minimum absolute atomic E-state index is 0.125. The number of fused-ring (bicyclic) bond motifs is 1. The van der Waals surface area contributed by atoms with Gasteiger partial charge in [0.1, 0.15) is 11.9 Å². The SMILES string of the molecule is Cc1cccc2c1CCC2Oc1ccc(CCC(=O)O)cc1. The fourth-order valence-corrected chi connectivity index (χ4v) is 3.07. The van der Waals surface area contributed by atoms with E-state index in [0.717, 1.165) is 24.2 Å². The number of benzene rings is 2. The largest absolute Gasteiger partial charge is 0.486 e. The van der Waals surface area contributed by atoms with Gasteiger partial charge in [-0.2, -0.15) is 0 Å². The summed E-state index contributed by atoms with van der Waals surface area (Å²) in [5, 5.41) is 8.71. The van der Waals surface area contributed by atoms with Crippen molar-refractivity contribution in [1.82, 2.24) is 0 Å². The van der Waals surface area contributed by atoms with Gasteiger partial charge in [0, 0.05) is 6.42 Å². The normalized spacial score (nSPS) is 16.3. The highest BCUT2D eigenvalue weighted by Crippen LogP contribution is 2.36. The Balaban J connectivity index is 1.68. The van der Waals surface area contributed by atoms with Crippen LogP contribution in [0.15, 0.2) is 42.5 Å². The molecular formula is C19H20O3. The Morgan fingerprint density at radius 3 is 2.73 bits per heavy atom. The van der Waals surface area contributed by atoms with Gasteiger partial charge in [-0.15, -0.1) is 0 Å². The lowest BCUT2D eigenvalue weighted by molar-refractivity contribution is -0.136. The maximum Gasteiger partial charge on any atom is 0.303 e. The Hall–Kier alpha value is -2.29. The molecule has 2 aromatic rings. The third-order valence-electron chi connectivity index (χ3n) is 4.28. The van der Waals surface area contributed by atoms with Gasteiger partial charge >= 0.3 is 5.97 Å². The second kappa shape index (κ2) is 6.22. The first kappa shape index (κ1) is 14.6. The average Bonchev–Trinajstić information content (AvgIpc) is 2.91. The van der Waals surface area contributed by atoms with Crippen molar-refractivity contribution in [2.45, 2.75) is 38.7 Å². The van der Waals surface area contributed by atoms with Crippen LogP contribution in [0.1, 0.15) is 41.2 Å². The van der Waals surface area contributed by atoms with Crippen LogP contribution < -0.4 is 4.74 Å². The third kappa shape index (κ3) is 3.14. The van der Waals surface area contributed by atoms with E-state index in [0.29, 0.717) is 6.42 Å². The summed E-state index contributed by atoms with van der Waals surface area (Å²) in [5.74, 6) is 0.0803. The summed E-state index contributed by atoms with van der Waals surface area (Å²) in [5.41, 5.74) is 5.09. The summed E-state index contributed by atoms with van der Waals surface area (Å²) < 4.78 is 6.12. The molecule has 0 heterocycles. The maximum absolute atomic E-state index is 10.6. The van der Waals surface area contributed by atoms with E-state index in [4.69, 9.17) is 9.84 Å². The first-order valence-electron chi connectivity index (χ1n) is 7.69. The number of carboxylic acid groups (broad SMARTS) is 1. The van der Waals surface area contributed by atoms with E-state index in [1.165, 1.54) is 16.7 Å². The van der Waals surface area contributed by atoms with Crippen LogP contribution in [0.5, 0.6) is 5.75 Å². The maximum atomic E-state index is 10.6. The van der Waals surface area contributed by atoms with Gasteiger partial charge in [-0.25, -0.2) is 0 Å². The Labute approximate surface area is 130 Å². The molecule has 1 atom stereocenters. The van der Waals surface area contributed by atoms with Crippen molar-refractivity contribution in [2.75, 3.05) is 0 Å². The fourth-order valence-electron chi connectivity index (χ4n) is 3.07. The average molecular weight is 296 g/mol. The Morgan fingerprint density at radius 2 is 2.00 bits per heavy atom. The van der Waals surface area contributed by atoms with E-state index < -0.39 is 5.97 Å². The molecule has 0 fully saturated rings. The molecule has 1 unspecified atom stereocenters. The topological polar surface area (TPSA) is 46.5 Å². The van der Waals surface area contributed by atoms with Crippen molar-refractivity contribution in [2.24, 2.45) is 0 Å². The number of hydrogen-bond acceptors (Lipinski definition) is 2. The molecule has 3 rings (SSSR count). The molecule has 1 aliphatic rings. The molecule has 0 spiro atoms. The molecule has 0 amide bonds. The van der Waals surface area contributed by atoms with Crippen LogP contribution >= 0.6 is 0 Å². The Bertz CT molecular complexity index is 674. The van der Waals surface area contributed by atoms with Crippen LogP contribution in [0.2, 0.25) is 0 Å². The summed E-state index contributed by atoms with van der Waals surface area (Å²) in [6.45, 7) is 2.15. The monoisotopic (exact) mass is 296 g/mol. The summed E-state index contributed by atoms with van der Waals surface area (Å²) in [7, 11) is 0. The van der Waals surface area contributed by atoms with Gasteiger partial charge in [0.15, 0.2) is 0 Å². The van der Waals surface area contributed by atoms with Crippen molar-refractivity contribution in [3.05, 3.63) is 64.7 Å². The predicted molar refractivity (Wildman–Crippen MR) is 85.3 cm³/mol. The second-order valence-electron chi connectivity index (χ2n) is 5.83. The molecule has 1 aliphatic carbocycles. The lowest BCUT2D eigenvalue weighted by Gasteiger charge is -2.15. The minimum Gasteiger partial charge on any atom is -0.486 e. The molecule has 0 radical (unpaired) electrons. The van der Waals surface area contributed by atoms with E-state index in [-0.39, 0.29) is 12.5 Å². The minimum atomic E-state index is -0.766. The Morgan fingerprint density at radius 1 is 1.23 bits per heavy atom. The van der Waals surface area contributed by atoms with Crippen molar-refractivity contribution in [1.29, 1.82) is 0 Å². The zero-order valence-electron chi connectivity index (χ0n) is 12.7. The van der Waals surface area contributed by atoms with Crippen molar-refractivity contribution < 1.29 is 14.6 Å². The van der Waals surface area contributed by atoms with Crippen molar-refractivity contribution >= 4 is 5.97 Å². The second-order valence-corrected chi connectivity index (χ2v) is 5.83. The first-order chi connectivity index (χ1) is 10.6. The van der Waals surface area contributed by atoms with Crippen LogP contribution in [0.4, 0.5) is 0 Å². The van der Waals surface area contributed by atoms with E-state index in [9.17, 15) is 4.79 Å². The lowest BCUT2D eigenvalue weighted by Crippen LogP contribution is -2.03. The molecule has 0 bridgehead atoms. The van der Waals surface area contributed by atoms with E-state index in [1.807, 2.05) is 24.3 Å². The number of aryl methyl sites for hydroxylation is 2. The van der Waals surface area contributed by atoms with Gasteiger partial charge in [0.2, 0.25) is 0 Å². The zero-order valence-corrected chi connectivity index (χ0v) is 12.7. The van der Waals surface area contributed by atoms with Crippen LogP contribution in [0.25, 0.3) is 0 Å². The fraction of sp³-hybridized carbons (Fsp3) is 0.316. The van der Waals surface area contributed by atoms with Gasteiger partial charge in [-0.3, -0.25) is 4.79 Å². The van der Waals surface area contributed by atoms with Crippen LogP contribution in [0.3, 0.4) is 0 Å². The highest BCUT2D eigenvalue weighted by Gasteiger charge is 2.24. The number of rotatable bonds is 5. The number of aliphatic carboxylic acids is 1. The van der Waals surface area contributed by atoms with E-state index in [1.54, 1.807) is 0 Å². The Kier molecular flexibility index (Phi) is 4.14. The molecule has 0 saturated heterocycles. The number of carboxylic acids is 1. The molecule has 0 aliphatic heterocycles. The summed E-state index contributed by atoms with van der Waals surface area (Å²) in [4.78, 5) is 10.6. The molecule has 114 valence electrons. The third-order valence-corrected chi connectivity index (χ3v) is 4.28. The van der Waals surface area contributed by atoms with Gasteiger partial charge in [0.05, 0.1) is 0 Å². The highest BCUT2D eigenvalue weighted by molar-refractivity contribution is 5.67. The number of hydrogen-bond donors (Lipinski definition) is 1. The first-order valence-corrected chi connectivity index (χ1v) is 7.69. The van der Waals surface area contributed by atoms with Gasteiger partial charge < -0.3 is 9.84 Å². The molecule has 3 heteroatoms. The lowest BCUT2D eigenvalue weighted by atomic mass is 10.0. The van der Waals surface area contributed by atoms with E-state index in [2.05, 4.69) is 25.1 Å². The molecular weight excluding hydrogens is 276 g/mol. The van der Waals surface area contributed by atoms with Crippen molar-refractivity contribution in [3.8, 4) is 5.75 Å². The molecule has 0 saturated carbocycles. The summed E-state index contributed by atoms with van der Waals surface area (Å²) >= 11 is 0. The van der Waals surface area contributed by atoms with Gasteiger partial charge in [-0.05, 0) is 60.6 Å². The van der Waals surface area contributed by atoms with Gasteiger partial charge in [-0.1, -0.05) is 30.3 Å². The summed E-state index contributed by atoms with van der Waals surface area (Å²) in [6.07, 6.45) is 2.93. The summed E-state index contributed by atoms with van der Waals surface area (Å²) in [6, 6.07) is 14.2. The van der Waals surface area contributed by atoms with Crippen molar-refractivity contribution in [3.63, 3.8) is 0 Å². The predicted octanol–water partition coefficient (Wildman–Crippen LogP) is 4.08. The number of ether oxygens (including phenoxy) is 1. The molecule has 2 aromatic carbocycles. The molecule has 0 aromatic heterocycles. The standard InChI is InChI=1S/C19H20O3/c1-13-3-2-4-17-16(13)10-11-18(17)22-15-8-5-14(6-9-15)7-12-19(20)21/h2-6,8-9,18H,7,10-12H2,1H3,(H,20,21). The molecule has 1 N–H and O–H groups in total. The van der Waals surface area contributed by atoms with Crippen LogP contribution in [-0.4, -0.2) is 11.1 Å². The number of carbonyl (C=O) groups is 1. The molecule has 3 nitrogen and oxygen atoms in total. The van der Waals surface area contributed by atoms with Crippen LogP contribution in [-0.2, 0) is 17.6 Å². The quantitative estimate of drug-likeness (QED) is 0.904.